The maximum atomic E-state index is 9.51. The van der Waals surface area contributed by atoms with Gasteiger partial charge in [0.25, 0.3) is 0 Å². The number of ether oxygens (including phenoxy) is 8. The Morgan fingerprint density at radius 3 is 0.756 bits per heavy atom. The van der Waals surface area contributed by atoms with Crippen LogP contribution in [0, 0.1) is 5.41 Å². The van der Waals surface area contributed by atoms with Crippen molar-refractivity contribution in [3.05, 3.63) is 0 Å². The molecule has 41 heavy (non-hydrogen) atoms. The number of hydrogen-bond donors (Lipinski definition) is 4. The van der Waals surface area contributed by atoms with Gasteiger partial charge in [-0.2, -0.15) is 0 Å². The third-order valence-electron chi connectivity index (χ3n) is 5.07. The first kappa shape index (κ1) is 41.7. The zero-order valence-electron chi connectivity index (χ0n) is 23.5. The second-order valence-electron chi connectivity index (χ2n) is 9.24. The lowest BCUT2D eigenvalue weighted by atomic mass is 9.92. The van der Waals surface area contributed by atoms with Gasteiger partial charge in [-0.3, -0.25) is 0 Å². The summed E-state index contributed by atoms with van der Waals surface area (Å²) in [7, 11) is 0. The SMILES string of the molecule is OC(CCl)COCCOCC(COCCOCC(O)CCl)(COCCOCC(O)CCl)COCCOCC(O)CCl. The fourth-order valence-corrected chi connectivity index (χ4v) is 3.29. The molecule has 0 heterocycles. The summed E-state index contributed by atoms with van der Waals surface area (Å²) < 4.78 is 45.0. The highest BCUT2D eigenvalue weighted by Gasteiger charge is 2.32. The van der Waals surface area contributed by atoms with E-state index in [0.717, 1.165) is 0 Å². The van der Waals surface area contributed by atoms with Crippen LogP contribution in [0.4, 0.5) is 0 Å². The van der Waals surface area contributed by atoms with E-state index in [1.807, 2.05) is 0 Å². The maximum Gasteiger partial charge on any atom is 0.0908 e. The summed E-state index contributed by atoms with van der Waals surface area (Å²) in [6.07, 6.45) is -3.00. The quantitative estimate of drug-likeness (QED) is 0.0578. The Morgan fingerprint density at radius 1 is 0.366 bits per heavy atom. The molecule has 4 atom stereocenters. The zero-order valence-corrected chi connectivity index (χ0v) is 26.5. The van der Waals surface area contributed by atoms with Crippen molar-refractivity contribution in [2.75, 3.05) is 129 Å². The van der Waals surface area contributed by atoms with E-state index in [1.54, 1.807) is 0 Å². The molecule has 0 saturated carbocycles. The minimum absolute atomic E-state index is 0.0770. The number of alkyl halides is 4. The van der Waals surface area contributed by atoms with E-state index in [4.69, 9.17) is 84.3 Å². The van der Waals surface area contributed by atoms with Crippen LogP contribution >= 0.6 is 46.4 Å². The lowest BCUT2D eigenvalue weighted by molar-refractivity contribution is -0.123. The van der Waals surface area contributed by atoms with Crippen molar-refractivity contribution in [3.63, 3.8) is 0 Å². The third kappa shape index (κ3) is 25.7. The Labute approximate surface area is 263 Å². The van der Waals surface area contributed by atoms with Crippen molar-refractivity contribution in [2.45, 2.75) is 24.4 Å². The van der Waals surface area contributed by atoms with Gasteiger partial charge in [-0.1, -0.05) is 0 Å². The molecule has 0 bridgehead atoms. The monoisotopic (exact) mass is 680 g/mol. The van der Waals surface area contributed by atoms with Crippen LogP contribution in [0.5, 0.6) is 0 Å². The molecular formula is C25H48Cl4O12. The first-order valence-corrected chi connectivity index (χ1v) is 15.5. The van der Waals surface area contributed by atoms with Crippen molar-refractivity contribution in [2.24, 2.45) is 5.41 Å². The van der Waals surface area contributed by atoms with Crippen LogP contribution in [-0.4, -0.2) is 174 Å². The largest absolute Gasteiger partial charge is 0.389 e. The summed E-state index contributed by atoms with van der Waals surface area (Å²) in [5, 5.41) is 38.1. The number of aliphatic hydroxyl groups is 4. The number of aliphatic hydroxyl groups excluding tert-OH is 4. The first-order valence-electron chi connectivity index (χ1n) is 13.4. The average Bonchev–Trinajstić information content (AvgIpc) is 2.99. The van der Waals surface area contributed by atoms with Gasteiger partial charge >= 0.3 is 0 Å². The maximum absolute atomic E-state index is 9.51. The van der Waals surface area contributed by atoms with E-state index in [0.29, 0.717) is 0 Å². The minimum Gasteiger partial charge on any atom is -0.389 e. The first-order chi connectivity index (χ1) is 19.8. The van der Waals surface area contributed by atoms with Crippen LogP contribution in [-0.2, 0) is 37.9 Å². The summed E-state index contributed by atoms with van der Waals surface area (Å²) in [6.45, 7) is 3.14. The topological polar surface area (TPSA) is 155 Å². The minimum atomic E-state index is -0.751. The molecule has 0 aromatic heterocycles. The molecule has 4 N–H and O–H groups in total. The van der Waals surface area contributed by atoms with Crippen molar-refractivity contribution in [1.82, 2.24) is 0 Å². The Bertz CT molecular complexity index is 465. The van der Waals surface area contributed by atoms with Crippen LogP contribution in [0.1, 0.15) is 0 Å². The highest BCUT2D eigenvalue weighted by atomic mass is 35.5. The Kier molecular flexibility index (Phi) is 29.9. The van der Waals surface area contributed by atoms with E-state index < -0.39 is 29.8 Å². The highest BCUT2D eigenvalue weighted by molar-refractivity contribution is 6.18. The molecule has 0 aliphatic carbocycles. The molecular weight excluding hydrogens is 634 g/mol. The molecule has 0 aromatic rings. The summed E-state index contributed by atoms with van der Waals surface area (Å²) in [6, 6.07) is 0. The lowest BCUT2D eigenvalue weighted by Gasteiger charge is -2.33. The molecule has 16 heteroatoms. The van der Waals surface area contributed by atoms with Crippen LogP contribution in [0.15, 0.2) is 0 Å². The summed E-state index contributed by atoms with van der Waals surface area (Å²) in [4.78, 5) is 0. The molecule has 0 spiro atoms. The highest BCUT2D eigenvalue weighted by Crippen LogP contribution is 2.21. The van der Waals surface area contributed by atoms with Crippen LogP contribution < -0.4 is 0 Å². The van der Waals surface area contributed by atoms with E-state index in [-0.39, 0.29) is 129 Å². The Hall–Kier alpha value is 0.680. The second-order valence-corrected chi connectivity index (χ2v) is 10.5. The fourth-order valence-electron chi connectivity index (χ4n) is 2.93. The van der Waals surface area contributed by atoms with Gasteiger partial charge < -0.3 is 58.3 Å². The van der Waals surface area contributed by atoms with Gasteiger partial charge in [-0.15, -0.1) is 46.4 Å². The molecule has 0 fully saturated rings. The third-order valence-corrected chi connectivity index (χ3v) is 6.50. The molecule has 0 aliphatic heterocycles. The molecule has 0 rings (SSSR count). The Morgan fingerprint density at radius 2 is 0.561 bits per heavy atom. The van der Waals surface area contributed by atoms with Crippen LogP contribution in [0.2, 0.25) is 0 Å². The normalized spacial score (nSPS) is 16.4. The second kappa shape index (κ2) is 29.4. The molecule has 4 unspecified atom stereocenters. The van der Waals surface area contributed by atoms with Crippen molar-refractivity contribution < 1.29 is 58.3 Å². The van der Waals surface area contributed by atoms with E-state index in [9.17, 15) is 20.4 Å². The lowest BCUT2D eigenvalue weighted by Crippen LogP contribution is -2.43. The van der Waals surface area contributed by atoms with Crippen LogP contribution in [0.3, 0.4) is 0 Å². The smallest absolute Gasteiger partial charge is 0.0908 e. The van der Waals surface area contributed by atoms with Gasteiger partial charge in [0.1, 0.15) is 0 Å². The number of hydrogen-bond acceptors (Lipinski definition) is 12. The van der Waals surface area contributed by atoms with E-state index in [2.05, 4.69) is 0 Å². The van der Waals surface area contributed by atoms with Gasteiger partial charge in [0, 0.05) is 0 Å². The molecule has 0 aliphatic rings. The zero-order chi connectivity index (χ0) is 30.6. The van der Waals surface area contributed by atoms with E-state index >= 15 is 0 Å². The van der Waals surface area contributed by atoms with Gasteiger partial charge in [0.2, 0.25) is 0 Å². The molecule has 12 nitrogen and oxygen atoms in total. The van der Waals surface area contributed by atoms with Gasteiger partial charge in [-0.25, -0.2) is 0 Å². The standard InChI is InChI=1S/C25H48Cl4O12/c26-9-21(30)13-34-1-5-38-17-25(18-39-6-2-35-14-22(31)10-27,19-40-7-3-36-15-23(32)11-28)20-41-8-4-37-16-24(33)12-29/h21-24,30-33H,1-20H2. The van der Waals surface area contributed by atoms with Crippen molar-refractivity contribution in [1.29, 1.82) is 0 Å². The van der Waals surface area contributed by atoms with E-state index in [1.165, 1.54) is 0 Å². The van der Waals surface area contributed by atoms with Crippen molar-refractivity contribution >= 4 is 46.4 Å². The molecule has 0 saturated heterocycles. The fraction of sp³-hybridized carbons (Fsp3) is 1.00. The van der Waals surface area contributed by atoms with Crippen molar-refractivity contribution in [3.8, 4) is 0 Å². The number of rotatable bonds is 32. The molecule has 0 aromatic carbocycles. The average molecular weight is 682 g/mol. The predicted octanol–water partition coefficient (Wildman–Crippen LogP) is 0.504. The molecule has 0 amide bonds. The molecule has 248 valence electrons. The summed E-state index contributed by atoms with van der Waals surface area (Å²) >= 11 is 22.3. The molecule has 0 radical (unpaired) electrons. The van der Waals surface area contributed by atoms with Gasteiger partial charge in [0.05, 0.1) is 159 Å². The van der Waals surface area contributed by atoms with Gasteiger partial charge in [0.15, 0.2) is 0 Å². The number of halogens is 4. The van der Waals surface area contributed by atoms with Gasteiger partial charge in [-0.05, 0) is 0 Å². The summed E-state index contributed by atoms with van der Waals surface area (Å²) in [5.41, 5.74) is -0.739. The predicted molar refractivity (Wildman–Crippen MR) is 156 cm³/mol. The Balaban J connectivity index is 5.00. The van der Waals surface area contributed by atoms with Crippen LogP contribution in [0.25, 0.3) is 0 Å². The summed E-state index contributed by atoms with van der Waals surface area (Å²) in [5.74, 6) is 0.308.